The third-order valence-electron chi connectivity index (χ3n) is 4.24. The van der Waals surface area contributed by atoms with Gasteiger partial charge in [0, 0.05) is 18.9 Å². The zero-order valence-corrected chi connectivity index (χ0v) is 16.5. The summed E-state index contributed by atoms with van der Waals surface area (Å²) in [6, 6.07) is 12.7. The van der Waals surface area contributed by atoms with E-state index in [0.717, 1.165) is 0 Å². The normalized spacial score (nSPS) is 11.2. The van der Waals surface area contributed by atoms with Gasteiger partial charge in [0.25, 0.3) is 6.43 Å². The predicted molar refractivity (Wildman–Crippen MR) is 109 cm³/mol. The molecule has 0 saturated heterocycles. The molecule has 9 heteroatoms. The van der Waals surface area contributed by atoms with Crippen LogP contribution in [-0.2, 0) is 11.3 Å². The number of methoxy groups -OCH3 is 1. The highest BCUT2D eigenvalue weighted by molar-refractivity contribution is 6.32. The summed E-state index contributed by atoms with van der Waals surface area (Å²) in [6.07, 6.45) is -0.902. The van der Waals surface area contributed by atoms with E-state index in [0.29, 0.717) is 44.8 Å². The minimum Gasteiger partial charge on any atom is -0.377 e. The second-order valence-electron chi connectivity index (χ2n) is 6.30. The molecule has 4 aromatic rings. The zero-order chi connectivity index (χ0) is 21.1. The minimum absolute atomic E-state index is 0.0693. The van der Waals surface area contributed by atoms with Crippen molar-refractivity contribution in [1.29, 1.82) is 0 Å². The van der Waals surface area contributed by atoms with E-state index < -0.39 is 6.43 Å². The molecule has 151 valence electrons. The van der Waals surface area contributed by atoms with E-state index in [1.165, 1.54) is 31.4 Å². The van der Waals surface area contributed by atoms with Crippen LogP contribution < -0.4 is 5.32 Å². The Morgan fingerprint density at radius 1 is 1.03 bits per heavy atom. The van der Waals surface area contributed by atoms with Crippen LogP contribution in [0, 0.1) is 0 Å². The summed E-state index contributed by atoms with van der Waals surface area (Å²) < 4.78 is 30.7. The Morgan fingerprint density at radius 3 is 2.53 bits per heavy atom. The van der Waals surface area contributed by atoms with Crippen LogP contribution in [0.1, 0.15) is 17.8 Å². The predicted octanol–water partition coefficient (Wildman–Crippen LogP) is 5.39. The Kier molecular flexibility index (Phi) is 5.78. The van der Waals surface area contributed by atoms with E-state index in [1.54, 1.807) is 30.5 Å². The van der Waals surface area contributed by atoms with Gasteiger partial charge in [0.15, 0.2) is 17.3 Å². The number of alkyl halides is 2. The number of halogens is 3. The number of hydrogen-bond donors (Lipinski definition) is 0. The summed E-state index contributed by atoms with van der Waals surface area (Å²) in [6.45, 7) is 0.166. The smallest absolute Gasteiger partial charge is 0.263 e. The molecule has 1 radical (unpaired) electrons. The largest absolute Gasteiger partial charge is 0.377 e. The summed E-state index contributed by atoms with van der Waals surface area (Å²) in [5, 5.41) is 5.57. The number of nitrogens with zero attached hydrogens (tertiary/aromatic N) is 5. The molecule has 0 bridgehead atoms. The Bertz CT molecular complexity index is 1190. The average Bonchev–Trinajstić information content (AvgIpc) is 2.74. The quantitative estimate of drug-likeness (QED) is 0.413. The van der Waals surface area contributed by atoms with Crippen molar-refractivity contribution in [3.8, 4) is 11.4 Å². The van der Waals surface area contributed by atoms with Gasteiger partial charge in [-0.3, -0.25) is 4.98 Å². The van der Waals surface area contributed by atoms with E-state index in [2.05, 4.69) is 25.3 Å². The number of hydrogen-bond acceptors (Lipinski definition) is 5. The van der Waals surface area contributed by atoms with Gasteiger partial charge in [-0.25, -0.2) is 29.0 Å². The van der Waals surface area contributed by atoms with Crippen molar-refractivity contribution in [3.05, 3.63) is 71.1 Å². The van der Waals surface area contributed by atoms with Gasteiger partial charge in [-0.1, -0.05) is 23.7 Å². The van der Waals surface area contributed by atoms with E-state index in [1.807, 2.05) is 0 Å². The van der Waals surface area contributed by atoms with Crippen molar-refractivity contribution < 1.29 is 13.5 Å². The van der Waals surface area contributed by atoms with Gasteiger partial charge in [0.05, 0.1) is 21.8 Å². The van der Waals surface area contributed by atoms with Crippen LogP contribution in [0.5, 0.6) is 0 Å². The molecule has 0 spiro atoms. The molecular weight excluding hydrogens is 412 g/mol. The summed E-state index contributed by atoms with van der Waals surface area (Å²) in [4.78, 5) is 17.7. The molecule has 1 aromatic carbocycles. The molecule has 0 unspecified atom stereocenters. The Morgan fingerprint density at radius 2 is 1.83 bits per heavy atom. The lowest BCUT2D eigenvalue weighted by Crippen LogP contribution is -2.04. The molecule has 0 fully saturated rings. The molecule has 3 aromatic heterocycles. The highest BCUT2D eigenvalue weighted by Gasteiger charge is 2.14. The molecule has 0 amide bonds. The molecule has 0 aliphatic heterocycles. The fourth-order valence-electron chi connectivity index (χ4n) is 2.84. The maximum absolute atomic E-state index is 12.8. The van der Waals surface area contributed by atoms with Gasteiger partial charge in [-0.15, -0.1) is 0 Å². The highest BCUT2D eigenvalue weighted by atomic mass is 35.5. The Hall–Kier alpha value is -3.23. The van der Waals surface area contributed by atoms with Crippen LogP contribution in [0.15, 0.2) is 54.7 Å². The minimum atomic E-state index is -2.53. The maximum Gasteiger partial charge on any atom is 0.263 e. The topological polar surface area (TPSA) is 74.9 Å². The van der Waals surface area contributed by atoms with Crippen molar-refractivity contribution >= 4 is 34.1 Å². The third kappa shape index (κ3) is 4.19. The molecule has 6 nitrogen and oxygen atoms in total. The number of ether oxygens (including phenoxy) is 1. The van der Waals surface area contributed by atoms with Crippen LogP contribution >= 0.6 is 11.6 Å². The SMILES string of the molecule is COCc1nc([N]c2ccc(C(F)F)cc2)c2ccc(-c3ncccc3Cl)nc2n1. The number of pyridine rings is 2. The van der Waals surface area contributed by atoms with E-state index in [4.69, 9.17) is 16.3 Å². The second kappa shape index (κ2) is 8.64. The molecule has 0 N–H and O–H groups in total. The standard InChI is InChI=1S/C21H15ClF2N5O/c1-30-11-17-28-20(26-13-6-4-12(5-7-13)19(23)24)14-8-9-16(27-21(14)29-17)18-15(22)3-2-10-25-18/h2-10,19H,11H2,1H3. The lowest BCUT2D eigenvalue weighted by atomic mass is 10.2. The summed E-state index contributed by atoms with van der Waals surface area (Å²) >= 11 is 6.24. The first-order valence-corrected chi connectivity index (χ1v) is 9.30. The van der Waals surface area contributed by atoms with Gasteiger partial charge in [-0.2, -0.15) is 0 Å². The zero-order valence-electron chi connectivity index (χ0n) is 15.8. The number of rotatable bonds is 6. The van der Waals surface area contributed by atoms with Gasteiger partial charge in [0.1, 0.15) is 12.3 Å². The van der Waals surface area contributed by atoms with Crippen molar-refractivity contribution in [2.24, 2.45) is 0 Å². The van der Waals surface area contributed by atoms with Crippen LogP contribution in [-0.4, -0.2) is 27.0 Å². The number of benzene rings is 1. The monoisotopic (exact) mass is 426 g/mol. The lowest BCUT2D eigenvalue weighted by molar-refractivity contribution is 0.151. The van der Waals surface area contributed by atoms with E-state index in [-0.39, 0.29) is 12.2 Å². The number of fused-ring (bicyclic) bond motifs is 1. The highest BCUT2D eigenvalue weighted by Crippen LogP contribution is 2.29. The molecule has 0 aliphatic rings. The fourth-order valence-corrected chi connectivity index (χ4v) is 3.06. The van der Waals surface area contributed by atoms with Gasteiger partial charge >= 0.3 is 0 Å². The van der Waals surface area contributed by atoms with Crippen LogP contribution in [0.4, 0.5) is 20.3 Å². The van der Waals surface area contributed by atoms with Crippen molar-refractivity contribution in [2.75, 3.05) is 7.11 Å². The van der Waals surface area contributed by atoms with Crippen molar-refractivity contribution in [1.82, 2.24) is 25.3 Å². The third-order valence-corrected chi connectivity index (χ3v) is 4.55. The molecule has 0 saturated carbocycles. The van der Waals surface area contributed by atoms with Crippen molar-refractivity contribution in [2.45, 2.75) is 13.0 Å². The lowest BCUT2D eigenvalue weighted by Gasteiger charge is -2.10. The average molecular weight is 427 g/mol. The van der Waals surface area contributed by atoms with Gasteiger partial charge < -0.3 is 4.74 Å². The molecule has 0 atom stereocenters. The summed E-state index contributed by atoms with van der Waals surface area (Å²) in [7, 11) is 1.53. The van der Waals surface area contributed by atoms with Crippen LogP contribution in [0.2, 0.25) is 5.02 Å². The van der Waals surface area contributed by atoms with Crippen molar-refractivity contribution in [3.63, 3.8) is 0 Å². The second-order valence-corrected chi connectivity index (χ2v) is 6.71. The summed E-state index contributed by atoms with van der Waals surface area (Å²) in [5.74, 6) is 0.757. The van der Waals surface area contributed by atoms with Crippen LogP contribution in [0.3, 0.4) is 0 Å². The first-order chi connectivity index (χ1) is 14.5. The molecule has 0 aliphatic carbocycles. The first-order valence-electron chi connectivity index (χ1n) is 8.92. The summed E-state index contributed by atoms with van der Waals surface area (Å²) in [5.41, 5.74) is 1.91. The Balaban J connectivity index is 1.77. The van der Waals surface area contributed by atoms with Gasteiger partial charge in [-0.05, 0) is 36.4 Å². The van der Waals surface area contributed by atoms with E-state index >= 15 is 0 Å². The van der Waals surface area contributed by atoms with E-state index in [9.17, 15) is 8.78 Å². The number of aromatic nitrogens is 4. The molecular formula is C21H15ClF2N5O. The van der Waals surface area contributed by atoms with Gasteiger partial charge in [0.2, 0.25) is 0 Å². The molecule has 3 heterocycles. The molecule has 30 heavy (non-hydrogen) atoms. The molecule has 4 rings (SSSR count). The fraction of sp³-hybridized carbons (Fsp3) is 0.143. The Labute approximate surface area is 175 Å². The maximum atomic E-state index is 12.8. The first kappa shape index (κ1) is 20.1. The van der Waals surface area contributed by atoms with Crippen LogP contribution in [0.25, 0.3) is 22.4 Å².